The highest BCUT2D eigenvalue weighted by Crippen LogP contribution is 2.05. The van der Waals surface area contributed by atoms with Gasteiger partial charge in [0.15, 0.2) is 0 Å². The highest BCUT2D eigenvalue weighted by Gasteiger charge is 2.14. The van der Waals surface area contributed by atoms with Crippen LogP contribution in [0.5, 0.6) is 0 Å². The standard InChI is InChI=1S/C13H14ClN3O/c14-9-11(8-10-4-2-1-3-5-10)16-13(18)12-6-7-15-17-12/h1-7,11H,8-9H2,(H,15,17)(H,16,18). The Kier molecular flexibility index (Phi) is 4.36. The van der Waals surface area contributed by atoms with E-state index in [0.29, 0.717) is 18.0 Å². The SMILES string of the molecule is O=C(NC(CCl)Cc1ccccc1)c1ccn[nH]1. The van der Waals surface area contributed by atoms with Gasteiger partial charge in [0, 0.05) is 18.1 Å². The molecule has 0 aliphatic heterocycles. The summed E-state index contributed by atoms with van der Waals surface area (Å²) in [5, 5.41) is 9.24. The van der Waals surface area contributed by atoms with E-state index in [2.05, 4.69) is 15.5 Å². The number of amides is 1. The number of nitrogens with zero attached hydrogens (tertiary/aromatic N) is 1. The third-order valence-electron chi connectivity index (χ3n) is 2.59. The Labute approximate surface area is 110 Å². The van der Waals surface area contributed by atoms with Crippen LogP contribution >= 0.6 is 11.6 Å². The second kappa shape index (κ2) is 6.21. The average molecular weight is 264 g/mol. The zero-order valence-corrected chi connectivity index (χ0v) is 10.5. The molecular weight excluding hydrogens is 250 g/mol. The highest BCUT2D eigenvalue weighted by molar-refractivity contribution is 6.18. The molecule has 0 spiro atoms. The molecule has 1 atom stereocenters. The molecule has 1 aromatic heterocycles. The van der Waals surface area contributed by atoms with Crippen LogP contribution < -0.4 is 5.32 Å². The van der Waals surface area contributed by atoms with Gasteiger partial charge in [0.05, 0.1) is 0 Å². The summed E-state index contributed by atoms with van der Waals surface area (Å²) in [5.41, 5.74) is 1.59. The maximum absolute atomic E-state index is 11.8. The summed E-state index contributed by atoms with van der Waals surface area (Å²) in [5.74, 6) is 0.184. The predicted molar refractivity (Wildman–Crippen MR) is 70.7 cm³/mol. The minimum atomic E-state index is -0.186. The summed E-state index contributed by atoms with van der Waals surface area (Å²) in [6.45, 7) is 0. The molecule has 0 fully saturated rings. The molecule has 0 saturated carbocycles. The van der Waals surface area contributed by atoms with E-state index in [9.17, 15) is 4.79 Å². The van der Waals surface area contributed by atoms with Crippen LogP contribution in [0.2, 0.25) is 0 Å². The maximum atomic E-state index is 11.8. The van der Waals surface area contributed by atoms with E-state index in [4.69, 9.17) is 11.6 Å². The molecule has 1 amide bonds. The van der Waals surface area contributed by atoms with Crippen molar-refractivity contribution in [3.8, 4) is 0 Å². The van der Waals surface area contributed by atoms with Crippen molar-refractivity contribution in [1.82, 2.24) is 15.5 Å². The second-order valence-corrected chi connectivity index (χ2v) is 4.29. The molecule has 1 aromatic carbocycles. The number of nitrogens with one attached hydrogen (secondary N) is 2. The lowest BCUT2D eigenvalue weighted by Gasteiger charge is -2.15. The van der Waals surface area contributed by atoms with Gasteiger partial charge in [-0.2, -0.15) is 5.10 Å². The molecule has 18 heavy (non-hydrogen) atoms. The fraction of sp³-hybridized carbons (Fsp3) is 0.231. The second-order valence-electron chi connectivity index (χ2n) is 3.98. The molecule has 2 aromatic rings. The number of H-pyrrole nitrogens is 1. The van der Waals surface area contributed by atoms with E-state index in [-0.39, 0.29) is 11.9 Å². The lowest BCUT2D eigenvalue weighted by molar-refractivity contribution is 0.0935. The van der Waals surface area contributed by atoms with Gasteiger partial charge in [-0.1, -0.05) is 30.3 Å². The Balaban J connectivity index is 1.96. The van der Waals surface area contributed by atoms with Crippen molar-refractivity contribution in [2.45, 2.75) is 12.5 Å². The Hall–Kier alpha value is -1.81. The van der Waals surface area contributed by atoms with Crippen molar-refractivity contribution < 1.29 is 4.79 Å². The first-order valence-corrected chi connectivity index (χ1v) is 6.23. The van der Waals surface area contributed by atoms with Crippen LogP contribution in [0.15, 0.2) is 42.6 Å². The van der Waals surface area contributed by atoms with Gasteiger partial charge >= 0.3 is 0 Å². The smallest absolute Gasteiger partial charge is 0.269 e. The summed E-state index contributed by atoms with van der Waals surface area (Å²) in [6, 6.07) is 11.5. The van der Waals surface area contributed by atoms with Crippen molar-refractivity contribution in [3.63, 3.8) is 0 Å². The van der Waals surface area contributed by atoms with Gasteiger partial charge in [-0.15, -0.1) is 11.6 Å². The van der Waals surface area contributed by atoms with Crippen LogP contribution in [0, 0.1) is 0 Å². The summed E-state index contributed by atoms with van der Waals surface area (Å²) < 4.78 is 0. The minimum Gasteiger partial charge on any atom is -0.346 e. The summed E-state index contributed by atoms with van der Waals surface area (Å²) in [7, 11) is 0. The normalized spacial score (nSPS) is 12.1. The Morgan fingerprint density at radius 2 is 2.11 bits per heavy atom. The Morgan fingerprint density at radius 3 is 2.72 bits per heavy atom. The van der Waals surface area contributed by atoms with Gasteiger partial charge in [0.2, 0.25) is 0 Å². The molecule has 0 aliphatic rings. The number of alkyl halides is 1. The molecule has 0 aliphatic carbocycles. The minimum absolute atomic E-state index is 0.0927. The van der Waals surface area contributed by atoms with Crippen LogP contribution in [0.1, 0.15) is 16.1 Å². The monoisotopic (exact) mass is 263 g/mol. The van der Waals surface area contributed by atoms with E-state index in [1.807, 2.05) is 30.3 Å². The number of aromatic amines is 1. The van der Waals surface area contributed by atoms with Crippen LogP contribution in [-0.2, 0) is 6.42 Å². The third kappa shape index (κ3) is 3.34. The molecule has 2 rings (SSSR count). The molecule has 1 heterocycles. The van der Waals surface area contributed by atoms with Crippen LogP contribution in [0.4, 0.5) is 0 Å². The van der Waals surface area contributed by atoms with E-state index in [1.54, 1.807) is 12.3 Å². The Morgan fingerprint density at radius 1 is 1.33 bits per heavy atom. The van der Waals surface area contributed by atoms with E-state index >= 15 is 0 Å². The van der Waals surface area contributed by atoms with Gasteiger partial charge in [-0.05, 0) is 18.1 Å². The first kappa shape index (κ1) is 12.6. The van der Waals surface area contributed by atoms with Gasteiger partial charge in [0.1, 0.15) is 5.69 Å². The lowest BCUT2D eigenvalue weighted by atomic mass is 10.1. The number of carbonyl (C=O) groups is 1. The van der Waals surface area contributed by atoms with Crippen LogP contribution in [-0.4, -0.2) is 28.0 Å². The number of hydrogen-bond acceptors (Lipinski definition) is 2. The molecule has 4 nitrogen and oxygen atoms in total. The van der Waals surface area contributed by atoms with Crippen molar-refractivity contribution in [2.75, 3.05) is 5.88 Å². The molecule has 5 heteroatoms. The summed E-state index contributed by atoms with van der Waals surface area (Å²) in [6.07, 6.45) is 2.26. The van der Waals surface area contributed by atoms with Gasteiger partial charge in [-0.25, -0.2) is 0 Å². The molecule has 0 saturated heterocycles. The van der Waals surface area contributed by atoms with Crippen LogP contribution in [0.3, 0.4) is 0 Å². The molecule has 0 bridgehead atoms. The largest absolute Gasteiger partial charge is 0.346 e. The fourth-order valence-electron chi connectivity index (χ4n) is 1.69. The molecule has 94 valence electrons. The van der Waals surface area contributed by atoms with Crippen molar-refractivity contribution in [2.24, 2.45) is 0 Å². The van der Waals surface area contributed by atoms with Crippen molar-refractivity contribution in [1.29, 1.82) is 0 Å². The van der Waals surface area contributed by atoms with Gasteiger partial charge in [0.25, 0.3) is 5.91 Å². The van der Waals surface area contributed by atoms with Gasteiger partial charge in [-0.3, -0.25) is 9.89 Å². The molecule has 0 radical (unpaired) electrons. The third-order valence-corrected chi connectivity index (χ3v) is 2.96. The lowest BCUT2D eigenvalue weighted by Crippen LogP contribution is -2.38. The van der Waals surface area contributed by atoms with E-state index < -0.39 is 0 Å². The van der Waals surface area contributed by atoms with E-state index in [0.717, 1.165) is 5.56 Å². The predicted octanol–water partition coefficient (Wildman–Crippen LogP) is 1.99. The first-order chi connectivity index (χ1) is 8.79. The molecule has 2 N–H and O–H groups in total. The number of rotatable bonds is 5. The molecular formula is C13H14ClN3O. The first-order valence-electron chi connectivity index (χ1n) is 5.69. The zero-order chi connectivity index (χ0) is 12.8. The summed E-state index contributed by atoms with van der Waals surface area (Å²) >= 11 is 5.88. The Bertz CT molecular complexity index is 484. The number of hydrogen-bond donors (Lipinski definition) is 2. The molecule has 1 unspecified atom stereocenters. The fourth-order valence-corrected chi connectivity index (χ4v) is 1.87. The highest BCUT2D eigenvalue weighted by atomic mass is 35.5. The number of aromatic nitrogens is 2. The number of carbonyl (C=O) groups excluding carboxylic acids is 1. The van der Waals surface area contributed by atoms with Crippen LogP contribution in [0.25, 0.3) is 0 Å². The number of benzene rings is 1. The quantitative estimate of drug-likeness (QED) is 0.811. The van der Waals surface area contributed by atoms with Crippen molar-refractivity contribution >= 4 is 17.5 Å². The van der Waals surface area contributed by atoms with Gasteiger partial charge < -0.3 is 5.32 Å². The van der Waals surface area contributed by atoms with E-state index in [1.165, 1.54) is 0 Å². The average Bonchev–Trinajstić information content (AvgIpc) is 2.93. The maximum Gasteiger partial charge on any atom is 0.269 e. The summed E-state index contributed by atoms with van der Waals surface area (Å²) in [4.78, 5) is 11.8. The zero-order valence-electron chi connectivity index (χ0n) is 9.77. The van der Waals surface area contributed by atoms with Crippen molar-refractivity contribution in [3.05, 3.63) is 53.9 Å². The topological polar surface area (TPSA) is 57.8 Å². The number of halogens is 1.